The highest BCUT2D eigenvalue weighted by Gasteiger charge is 2.13. The molecule has 0 aliphatic heterocycles. The highest BCUT2D eigenvalue weighted by atomic mass is 32.2. The summed E-state index contributed by atoms with van der Waals surface area (Å²) in [6, 6.07) is 5.85. The number of fused-ring (bicyclic) bond motifs is 1. The number of methoxy groups -OCH3 is 2. The Balaban J connectivity index is 1.92. The quantitative estimate of drug-likeness (QED) is 0.498. The Morgan fingerprint density at radius 1 is 1.13 bits per heavy atom. The van der Waals surface area contributed by atoms with Crippen molar-refractivity contribution in [1.29, 1.82) is 0 Å². The monoisotopic (exact) mass is 346 g/mol. The molecule has 4 nitrogen and oxygen atoms in total. The maximum atomic E-state index is 5.45. The third-order valence-corrected chi connectivity index (χ3v) is 5.94. The number of aryl methyl sites for hydroxylation is 2. The Bertz CT molecular complexity index is 846. The molecule has 2 heterocycles. The summed E-state index contributed by atoms with van der Waals surface area (Å²) in [4.78, 5) is 11.2. The van der Waals surface area contributed by atoms with Gasteiger partial charge in [-0.05, 0) is 37.6 Å². The van der Waals surface area contributed by atoms with Gasteiger partial charge in [-0.3, -0.25) is 0 Å². The molecule has 0 saturated carbocycles. The Morgan fingerprint density at radius 3 is 2.70 bits per heavy atom. The molecule has 0 unspecified atom stereocenters. The van der Waals surface area contributed by atoms with Crippen LogP contribution in [0.4, 0.5) is 0 Å². The van der Waals surface area contributed by atoms with Crippen molar-refractivity contribution in [2.75, 3.05) is 14.2 Å². The SMILES string of the molecule is COc1ccc(OC)c(CSc2ncnc3sc(C)c(C)c23)c1. The summed E-state index contributed by atoms with van der Waals surface area (Å²) < 4.78 is 10.8. The number of nitrogens with zero attached hydrogens (tertiary/aromatic N) is 2. The number of hydrogen-bond donors (Lipinski definition) is 0. The minimum atomic E-state index is 0.765. The second-order valence-electron chi connectivity index (χ2n) is 5.11. The number of thiophene rings is 1. The highest BCUT2D eigenvalue weighted by Crippen LogP contribution is 2.37. The third-order valence-electron chi connectivity index (χ3n) is 3.78. The van der Waals surface area contributed by atoms with E-state index < -0.39 is 0 Å². The fourth-order valence-electron chi connectivity index (χ4n) is 2.40. The van der Waals surface area contributed by atoms with Crippen LogP contribution >= 0.6 is 23.1 Å². The van der Waals surface area contributed by atoms with E-state index in [4.69, 9.17) is 9.47 Å². The molecule has 3 aromatic rings. The summed E-state index contributed by atoms with van der Waals surface area (Å²) in [6.45, 7) is 4.26. The average Bonchev–Trinajstić information content (AvgIpc) is 2.87. The van der Waals surface area contributed by atoms with Gasteiger partial charge in [0.1, 0.15) is 27.7 Å². The van der Waals surface area contributed by atoms with E-state index in [1.54, 1.807) is 43.6 Å². The minimum absolute atomic E-state index is 0.765. The number of ether oxygens (including phenoxy) is 2. The van der Waals surface area contributed by atoms with Crippen LogP contribution in [0.2, 0.25) is 0 Å². The first-order valence-electron chi connectivity index (χ1n) is 7.18. The van der Waals surface area contributed by atoms with E-state index in [0.29, 0.717) is 0 Å². The lowest BCUT2D eigenvalue weighted by Gasteiger charge is -2.10. The Hall–Kier alpha value is -1.79. The molecule has 0 amide bonds. The van der Waals surface area contributed by atoms with Crippen molar-refractivity contribution in [2.45, 2.75) is 24.6 Å². The van der Waals surface area contributed by atoms with Gasteiger partial charge in [0, 0.05) is 21.6 Å². The molecular weight excluding hydrogens is 328 g/mol. The Labute approximate surface area is 143 Å². The number of hydrogen-bond acceptors (Lipinski definition) is 6. The lowest BCUT2D eigenvalue weighted by molar-refractivity contribution is 0.400. The lowest BCUT2D eigenvalue weighted by atomic mass is 10.2. The first kappa shape index (κ1) is 16.1. The number of aromatic nitrogens is 2. The lowest BCUT2D eigenvalue weighted by Crippen LogP contribution is -1.93. The molecular formula is C17H18N2O2S2. The van der Waals surface area contributed by atoms with Crippen LogP contribution < -0.4 is 9.47 Å². The van der Waals surface area contributed by atoms with E-state index in [0.717, 1.165) is 32.7 Å². The summed E-state index contributed by atoms with van der Waals surface area (Å²) in [6.07, 6.45) is 1.64. The summed E-state index contributed by atoms with van der Waals surface area (Å²) >= 11 is 3.42. The van der Waals surface area contributed by atoms with Gasteiger partial charge in [0.25, 0.3) is 0 Å². The molecule has 6 heteroatoms. The topological polar surface area (TPSA) is 44.2 Å². The van der Waals surface area contributed by atoms with Crippen LogP contribution in [0.3, 0.4) is 0 Å². The van der Waals surface area contributed by atoms with Crippen LogP contribution in [0, 0.1) is 13.8 Å². The van der Waals surface area contributed by atoms with Crippen molar-refractivity contribution < 1.29 is 9.47 Å². The Kier molecular flexibility index (Phi) is 4.73. The van der Waals surface area contributed by atoms with E-state index in [1.165, 1.54) is 15.8 Å². The van der Waals surface area contributed by atoms with Crippen LogP contribution in [-0.4, -0.2) is 24.2 Å². The van der Waals surface area contributed by atoms with Crippen molar-refractivity contribution >= 4 is 33.3 Å². The molecule has 0 spiro atoms. The summed E-state index contributed by atoms with van der Waals surface area (Å²) in [5, 5.41) is 2.18. The van der Waals surface area contributed by atoms with Gasteiger partial charge in [-0.25, -0.2) is 9.97 Å². The molecule has 0 aliphatic rings. The van der Waals surface area contributed by atoms with Crippen molar-refractivity contribution in [1.82, 2.24) is 9.97 Å². The van der Waals surface area contributed by atoms with E-state index in [-0.39, 0.29) is 0 Å². The number of benzene rings is 1. The van der Waals surface area contributed by atoms with Crippen molar-refractivity contribution in [3.05, 3.63) is 40.5 Å². The van der Waals surface area contributed by atoms with E-state index in [2.05, 4.69) is 23.8 Å². The van der Waals surface area contributed by atoms with Gasteiger partial charge in [0.15, 0.2) is 0 Å². The van der Waals surface area contributed by atoms with E-state index in [1.807, 2.05) is 18.2 Å². The zero-order valence-electron chi connectivity index (χ0n) is 13.5. The summed E-state index contributed by atoms with van der Waals surface area (Å²) in [5.41, 5.74) is 2.36. The van der Waals surface area contributed by atoms with Crippen LogP contribution in [-0.2, 0) is 5.75 Å². The fraction of sp³-hybridized carbons (Fsp3) is 0.294. The Morgan fingerprint density at radius 2 is 1.96 bits per heavy atom. The van der Waals surface area contributed by atoms with Gasteiger partial charge in [0.2, 0.25) is 0 Å². The average molecular weight is 346 g/mol. The summed E-state index contributed by atoms with van der Waals surface area (Å²) in [5.74, 6) is 2.46. The van der Waals surface area contributed by atoms with Crippen LogP contribution in [0.5, 0.6) is 11.5 Å². The zero-order chi connectivity index (χ0) is 16.4. The van der Waals surface area contributed by atoms with Gasteiger partial charge >= 0.3 is 0 Å². The molecule has 2 aromatic heterocycles. The molecule has 0 aliphatic carbocycles. The number of thioether (sulfide) groups is 1. The number of rotatable bonds is 5. The first-order valence-corrected chi connectivity index (χ1v) is 8.98. The molecule has 0 bridgehead atoms. The first-order chi connectivity index (χ1) is 11.1. The van der Waals surface area contributed by atoms with Crippen LogP contribution in [0.25, 0.3) is 10.2 Å². The van der Waals surface area contributed by atoms with Gasteiger partial charge in [-0.15, -0.1) is 23.1 Å². The van der Waals surface area contributed by atoms with Crippen molar-refractivity contribution in [3.63, 3.8) is 0 Å². The molecule has 0 saturated heterocycles. The maximum Gasteiger partial charge on any atom is 0.128 e. The molecule has 23 heavy (non-hydrogen) atoms. The predicted molar refractivity (Wildman–Crippen MR) is 96.0 cm³/mol. The molecule has 0 radical (unpaired) electrons. The molecule has 120 valence electrons. The van der Waals surface area contributed by atoms with Crippen molar-refractivity contribution in [3.8, 4) is 11.5 Å². The third kappa shape index (κ3) is 3.14. The van der Waals surface area contributed by atoms with Crippen LogP contribution in [0.15, 0.2) is 29.6 Å². The van der Waals surface area contributed by atoms with E-state index in [9.17, 15) is 0 Å². The highest BCUT2D eigenvalue weighted by molar-refractivity contribution is 7.98. The second kappa shape index (κ2) is 6.76. The zero-order valence-corrected chi connectivity index (χ0v) is 15.2. The normalized spacial score (nSPS) is 11.0. The second-order valence-corrected chi connectivity index (χ2v) is 7.28. The van der Waals surface area contributed by atoms with Crippen molar-refractivity contribution in [2.24, 2.45) is 0 Å². The smallest absolute Gasteiger partial charge is 0.128 e. The summed E-state index contributed by atoms with van der Waals surface area (Å²) in [7, 11) is 3.36. The van der Waals surface area contributed by atoms with Gasteiger partial charge in [-0.2, -0.15) is 0 Å². The van der Waals surface area contributed by atoms with Crippen LogP contribution in [0.1, 0.15) is 16.0 Å². The largest absolute Gasteiger partial charge is 0.497 e. The minimum Gasteiger partial charge on any atom is -0.497 e. The fourth-order valence-corrected chi connectivity index (χ4v) is 4.50. The maximum absolute atomic E-state index is 5.45. The molecule has 0 N–H and O–H groups in total. The van der Waals surface area contributed by atoms with Gasteiger partial charge < -0.3 is 9.47 Å². The standard InChI is InChI=1S/C17H18N2O2S2/c1-10-11(2)23-17-15(10)16(18-9-19-17)22-8-12-7-13(20-3)5-6-14(12)21-4/h5-7,9H,8H2,1-4H3. The van der Waals surface area contributed by atoms with E-state index >= 15 is 0 Å². The predicted octanol–water partition coefficient (Wildman–Crippen LogP) is 4.62. The molecule has 0 atom stereocenters. The van der Waals surface area contributed by atoms with Gasteiger partial charge in [0.05, 0.1) is 14.2 Å². The molecule has 1 aromatic carbocycles. The molecule has 3 rings (SSSR count). The molecule has 0 fully saturated rings. The van der Waals surface area contributed by atoms with Gasteiger partial charge in [-0.1, -0.05) is 0 Å².